The maximum atomic E-state index is 8.55. The van der Waals surface area contributed by atoms with Gasteiger partial charge < -0.3 is 38.5 Å². The van der Waals surface area contributed by atoms with Crippen LogP contribution < -0.4 is 29.4 Å². The molecule has 0 amide bonds. The molecule has 0 rings (SSSR count). The number of rotatable bonds is 0. The summed E-state index contributed by atoms with van der Waals surface area (Å²) in [7, 11) is -10.8. The Morgan fingerprint density at radius 2 is 0.538 bits per heavy atom. The summed E-state index contributed by atoms with van der Waals surface area (Å²) in [5.41, 5.74) is 0. The van der Waals surface area contributed by atoms with Crippen LogP contribution in [0.3, 0.4) is 0 Å². The van der Waals surface area contributed by atoms with Gasteiger partial charge in [-0.25, -0.2) is 0 Å². The highest BCUT2D eigenvalue weighted by molar-refractivity contribution is 7.40. The average molecular weight is 263 g/mol. The minimum atomic E-state index is -5.39. The second-order valence-corrected chi connectivity index (χ2v) is 2.68. The lowest BCUT2D eigenvalue weighted by molar-refractivity contribution is -0.434. The van der Waals surface area contributed by atoms with Gasteiger partial charge in [0.1, 0.15) is 0 Å². The summed E-state index contributed by atoms with van der Waals surface area (Å²) in [5.74, 6) is 0. The van der Waals surface area contributed by atoms with Gasteiger partial charge >= 0.3 is 0 Å². The standard InChI is InChI=1S/3Mg.2H3O4P/c;;;2*1-5(2,3)4/h;;;2*(H3,1,2,3,4)/p-6. The first kappa shape index (κ1) is 29.6. The van der Waals surface area contributed by atoms with Gasteiger partial charge in [0.25, 0.3) is 0 Å². The van der Waals surface area contributed by atoms with Gasteiger partial charge in [-0.2, -0.15) is 15.6 Å². The zero-order valence-electron chi connectivity index (χ0n) is 6.28. The van der Waals surface area contributed by atoms with E-state index < -0.39 is 15.6 Å². The van der Waals surface area contributed by atoms with Crippen molar-refractivity contribution < 1.29 is 38.5 Å². The maximum absolute atomic E-state index is 8.55. The van der Waals surface area contributed by atoms with Crippen molar-refractivity contribution in [2.45, 2.75) is 0 Å². The summed E-state index contributed by atoms with van der Waals surface area (Å²) in [6.07, 6.45) is 0. The molecule has 0 aromatic carbocycles. The normalized spacial score (nSPS) is 9.08. The molecule has 0 atom stereocenters. The molecule has 0 spiro atoms. The monoisotopic (exact) mass is 262 g/mol. The lowest BCUT2D eigenvalue weighted by Gasteiger charge is -2.36. The van der Waals surface area contributed by atoms with Gasteiger partial charge in [-0.3, -0.25) is 0 Å². The SMILES string of the molecule is O=P([O-])([O-])[O-].O=P([O-])([O-])[O-].[Mg].[Mg].[Mg]. The van der Waals surface area contributed by atoms with Crippen molar-refractivity contribution in [3.63, 3.8) is 0 Å². The molecule has 0 heterocycles. The van der Waals surface area contributed by atoms with Crippen LogP contribution in [0.25, 0.3) is 0 Å². The van der Waals surface area contributed by atoms with Gasteiger partial charge in [-0.15, -0.1) is 0 Å². The molecule has 0 saturated carbocycles. The van der Waals surface area contributed by atoms with E-state index >= 15 is 0 Å². The van der Waals surface area contributed by atoms with Crippen molar-refractivity contribution in [2.24, 2.45) is 0 Å². The van der Waals surface area contributed by atoms with E-state index in [1.165, 1.54) is 0 Å². The van der Waals surface area contributed by atoms with Gasteiger partial charge in [0.15, 0.2) is 0 Å². The maximum Gasteiger partial charge on any atom is 0 e. The van der Waals surface area contributed by atoms with Gasteiger partial charge in [0.05, 0.1) is 0 Å². The summed E-state index contributed by atoms with van der Waals surface area (Å²) in [4.78, 5) is 51.3. The average Bonchev–Trinajstić information content (AvgIpc) is 1.12. The van der Waals surface area contributed by atoms with Crippen LogP contribution in [-0.2, 0) is 9.13 Å². The van der Waals surface area contributed by atoms with Crippen LogP contribution >= 0.6 is 15.6 Å². The lowest BCUT2D eigenvalue weighted by Crippen LogP contribution is -2.24. The van der Waals surface area contributed by atoms with Crippen LogP contribution in [-0.4, -0.2) is 69.2 Å². The predicted molar refractivity (Wildman–Crippen MR) is 32.5 cm³/mol. The quantitative estimate of drug-likeness (QED) is 0.306. The second kappa shape index (κ2) is 12.6. The molecule has 13 heavy (non-hydrogen) atoms. The van der Waals surface area contributed by atoms with Crippen LogP contribution in [0, 0.1) is 0 Å². The number of phosphoric acid groups is 2. The summed E-state index contributed by atoms with van der Waals surface area (Å²) >= 11 is 0. The third kappa shape index (κ3) is 359. The highest BCUT2D eigenvalue weighted by Crippen LogP contribution is 2.03. The van der Waals surface area contributed by atoms with Crippen LogP contribution in [0.5, 0.6) is 0 Å². The Hall–Kier alpha value is 2.52. The Kier molecular flexibility index (Phi) is 28.6. The van der Waals surface area contributed by atoms with Gasteiger partial charge in [-0.05, 0) is 0 Å². The van der Waals surface area contributed by atoms with E-state index in [0.717, 1.165) is 0 Å². The fraction of sp³-hybridized carbons (Fsp3) is 0. The highest BCUT2D eigenvalue weighted by Gasteiger charge is 1.45. The van der Waals surface area contributed by atoms with E-state index in [9.17, 15) is 0 Å². The van der Waals surface area contributed by atoms with Gasteiger partial charge in [0, 0.05) is 69.2 Å². The molecule has 0 saturated heterocycles. The van der Waals surface area contributed by atoms with Crippen molar-refractivity contribution in [3.05, 3.63) is 0 Å². The van der Waals surface area contributed by atoms with Crippen molar-refractivity contribution in [1.29, 1.82) is 0 Å². The largest absolute Gasteiger partial charge is 0.822 e. The summed E-state index contributed by atoms with van der Waals surface area (Å²) < 4.78 is 17.1. The van der Waals surface area contributed by atoms with Crippen LogP contribution in [0.2, 0.25) is 0 Å². The molecule has 0 aromatic heterocycles. The first-order valence-electron chi connectivity index (χ1n) is 1.46. The van der Waals surface area contributed by atoms with E-state index in [1.807, 2.05) is 0 Å². The van der Waals surface area contributed by atoms with Crippen molar-refractivity contribution in [1.82, 2.24) is 0 Å². The van der Waals surface area contributed by atoms with Gasteiger partial charge in [0.2, 0.25) is 0 Å². The van der Waals surface area contributed by atoms with Crippen molar-refractivity contribution >= 4 is 84.8 Å². The van der Waals surface area contributed by atoms with E-state index in [4.69, 9.17) is 38.5 Å². The van der Waals surface area contributed by atoms with Crippen molar-refractivity contribution in [2.75, 3.05) is 0 Å². The molecular weight excluding hydrogens is 263 g/mol. The lowest BCUT2D eigenvalue weighted by atomic mass is 15.8. The van der Waals surface area contributed by atoms with E-state index in [2.05, 4.69) is 0 Å². The predicted octanol–water partition coefficient (Wildman–Crippen LogP) is -6.79. The van der Waals surface area contributed by atoms with Crippen LogP contribution in [0.1, 0.15) is 0 Å². The smallest absolute Gasteiger partial charge is 0 e. The summed E-state index contributed by atoms with van der Waals surface area (Å²) in [6.45, 7) is 0. The van der Waals surface area contributed by atoms with Crippen molar-refractivity contribution in [3.8, 4) is 0 Å². The number of hydrogen-bond acceptors (Lipinski definition) is 8. The fourth-order valence-electron chi connectivity index (χ4n) is 0. The Morgan fingerprint density at radius 3 is 0.538 bits per heavy atom. The van der Waals surface area contributed by atoms with Gasteiger partial charge in [-0.1, -0.05) is 0 Å². The zero-order valence-corrected chi connectivity index (χ0v) is 12.3. The molecule has 13 heteroatoms. The minimum absolute atomic E-state index is 0. The van der Waals surface area contributed by atoms with Crippen LogP contribution in [0.4, 0.5) is 0 Å². The molecule has 0 aliphatic carbocycles. The van der Waals surface area contributed by atoms with E-state index in [-0.39, 0.29) is 69.2 Å². The third-order valence-corrected chi connectivity index (χ3v) is 0. The second-order valence-electron chi connectivity index (χ2n) is 0.894. The van der Waals surface area contributed by atoms with E-state index in [1.54, 1.807) is 0 Å². The summed E-state index contributed by atoms with van der Waals surface area (Å²) in [5, 5.41) is 0. The third-order valence-electron chi connectivity index (χ3n) is 0. The first-order valence-corrected chi connectivity index (χ1v) is 4.38. The molecule has 0 aromatic rings. The Balaban J connectivity index is -0.0000000267. The topological polar surface area (TPSA) is 172 Å². The first-order chi connectivity index (χ1) is 4.00. The zero-order chi connectivity index (χ0) is 9.00. The molecular formula is Mg3O8P2-6. The highest BCUT2D eigenvalue weighted by atomic mass is 31.2. The summed E-state index contributed by atoms with van der Waals surface area (Å²) in [6, 6.07) is 0. The molecule has 0 aliphatic heterocycles. The molecule has 0 aliphatic rings. The molecule has 0 fully saturated rings. The molecule has 70 valence electrons. The molecule has 0 N–H and O–H groups in total. The van der Waals surface area contributed by atoms with E-state index in [0.29, 0.717) is 0 Å². The number of hydrogen-bond donors (Lipinski definition) is 0. The Labute approximate surface area is 122 Å². The van der Waals surface area contributed by atoms with Crippen LogP contribution in [0.15, 0.2) is 0 Å². The molecule has 0 bridgehead atoms. The molecule has 6 radical (unpaired) electrons. The minimum Gasteiger partial charge on any atom is -0.822 e. The molecule has 0 unspecified atom stereocenters. The Morgan fingerprint density at radius 1 is 0.538 bits per heavy atom. The Bertz CT molecular complexity index is 130. The fourth-order valence-corrected chi connectivity index (χ4v) is 0. The molecule has 8 nitrogen and oxygen atoms in total.